The molecule has 2 rings (SSSR count). The largest absolute Gasteiger partial charge is 0.459 e. The lowest BCUT2D eigenvalue weighted by Crippen LogP contribution is -2.49. The van der Waals surface area contributed by atoms with E-state index in [1.807, 2.05) is 26.8 Å². The van der Waals surface area contributed by atoms with Crippen LogP contribution < -0.4 is 10.6 Å². The maximum atomic E-state index is 11.9. The number of hydrogen-bond acceptors (Lipinski definition) is 7. The van der Waals surface area contributed by atoms with Gasteiger partial charge in [-0.3, -0.25) is 9.69 Å². The lowest BCUT2D eigenvalue weighted by molar-refractivity contribution is -0.156. The average molecular weight is 372 g/mol. The van der Waals surface area contributed by atoms with E-state index in [1.165, 1.54) is 0 Å². The van der Waals surface area contributed by atoms with Crippen LogP contribution in [0.4, 0.5) is 11.5 Å². The van der Waals surface area contributed by atoms with Gasteiger partial charge in [0.15, 0.2) is 5.82 Å². The number of nitrogens with zero attached hydrogens (tertiary/aromatic N) is 4. The summed E-state index contributed by atoms with van der Waals surface area (Å²) in [4.78, 5) is 16.1. The molecule has 8 heteroatoms. The van der Waals surface area contributed by atoms with Crippen LogP contribution >= 0.6 is 15.9 Å². The molecule has 0 spiro atoms. The first-order valence-electron chi connectivity index (χ1n) is 7.22. The lowest BCUT2D eigenvalue weighted by Gasteiger charge is -2.36. The van der Waals surface area contributed by atoms with Crippen LogP contribution in [-0.2, 0) is 9.53 Å². The Balaban J connectivity index is 1.88. The Bertz CT molecular complexity index is 539. The Morgan fingerprint density at radius 1 is 1.32 bits per heavy atom. The number of carbonyl (C=O) groups is 1. The van der Waals surface area contributed by atoms with E-state index in [-0.39, 0.29) is 5.97 Å². The van der Waals surface area contributed by atoms with Crippen LogP contribution in [0, 0.1) is 0 Å². The number of halogens is 1. The van der Waals surface area contributed by atoms with E-state index in [0.29, 0.717) is 17.0 Å². The molecule has 1 aliphatic rings. The monoisotopic (exact) mass is 371 g/mol. The smallest absolute Gasteiger partial charge is 0.320 e. The Labute approximate surface area is 138 Å². The molecule has 122 valence electrons. The predicted molar refractivity (Wildman–Crippen MR) is 88.6 cm³/mol. The first-order valence-corrected chi connectivity index (χ1v) is 8.02. The van der Waals surface area contributed by atoms with Crippen LogP contribution in [0.1, 0.15) is 20.8 Å². The van der Waals surface area contributed by atoms with Gasteiger partial charge in [-0.25, -0.2) is 0 Å². The Kier molecular flexibility index (Phi) is 5.23. The number of anilines is 2. The molecule has 1 saturated heterocycles. The molecule has 0 amide bonds. The number of esters is 1. The van der Waals surface area contributed by atoms with Gasteiger partial charge >= 0.3 is 5.97 Å². The van der Waals surface area contributed by atoms with Crippen molar-refractivity contribution >= 4 is 33.4 Å². The van der Waals surface area contributed by atoms with Crippen molar-refractivity contribution in [3.05, 3.63) is 10.7 Å². The van der Waals surface area contributed by atoms with E-state index in [1.54, 1.807) is 0 Å². The third-order valence-corrected chi connectivity index (χ3v) is 3.64. The Morgan fingerprint density at radius 3 is 2.55 bits per heavy atom. The molecule has 0 bridgehead atoms. The van der Waals surface area contributed by atoms with Crippen molar-refractivity contribution in [3.8, 4) is 0 Å². The summed E-state index contributed by atoms with van der Waals surface area (Å²) in [6.45, 7) is 9.06. The predicted octanol–water partition coefficient (Wildman–Crippen LogP) is 1.28. The molecule has 2 N–H and O–H groups in total. The van der Waals surface area contributed by atoms with Crippen molar-refractivity contribution in [2.24, 2.45) is 0 Å². The fraction of sp³-hybridized carbons (Fsp3) is 0.643. The van der Waals surface area contributed by atoms with Crippen LogP contribution in [0.5, 0.6) is 0 Å². The summed E-state index contributed by atoms with van der Waals surface area (Å²) in [7, 11) is 0. The number of nitrogens with two attached hydrogens (primary N) is 1. The summed E-state index contributed by atoms with van der Waals surface area (Å²) in [5, 5.41) is 7.78. The van der Waals surface area contributed by atoms with Gasteiger partial charge < -0.3 is 15.4 Å². The highest BCUT2D eigenvalue weighted by atomic mass is 79.9. The van der Waals surface area contributed by atoms with E-state index in [0.717, 1.165) is 31.9 Å². The first-order chi connectivity index (χ1) is 10.2. The fourth-order valence-corrected chi connectivity index (χ4v) is 2.62. The minimum absolute atomic E-state index is 0.186. The lowest BCUT2D eigenvalue weighted by atomic mass is 10.2. The molecule has 1 aromatic rings. The van der Waals surface area contributed by atoms with E-state index < -0.39 is 5.60 Å². The molecule has 0 aliphatic carbocycles. The topological polar surface area (TPSA) is 84.6 Å². The number of hydrogen-bond donors (Lipinski definition) is 1. The maximum Gasteiger partial charge on any atom is 0.320 e. The molecule has 1 aliphatic heterocycles. The highest BCUT2D eigenvalue weighted by molar-refractivity contribution is 9.10. The van der Waals surface area contributed by atoms with E-state index in [4.69, 9.17) is 10.5 Å². The van der Waals surface area contributed by atoms with Crippen LogP contribution in [0.25, 0.3) is 0 Å². The van der Waals surface area contributed by atoms with Gasteiger partial charge in [-0.2, -0.15) is 0 Å². The van der Waals surface area contributed by atoms with Gasteiger partial charge in [0, 0.05) is 26.2 Å². The summed E-state index contributed by atoms with van der Waals surface area (Å²) in [5.74, 6) is 0.234. The number of rotatable bonds is 3. The van der Waals surface area contributed by atoms with Crippen molar-refractivity contribution in [2.45, 2.75) is 26.4 Å². The van der Waals surface area contributed by atoms with Crippen molar-refractivity contribution < 1.29 is 9.53 Å². The summed E-state index contributed by atoms with van der Waals surface area (Å²) < 4.78 is 6.01. The minimum Gasteiger partial charge on any atom is -0.459 e. The van der Waals surface area contributed by atoms with Gasteiger partial charge in [-0.05, 0) is 42.8 Å². The van der Waals surface area contributed by atoms with Crippen molar-refractivity contribution in [2.75, 3.05) is 43.4 Å². The number of carbonyl (C=O) groups excluding carboxylic acids is 1. The van der Waals surface area contributed by atoms with Crippen LogP contribution in [0.3, 0.4) is 0 Å². The molecular weight excluding hydrogens is 350 g/mol. The van der Waals surface area contributed by atoms with Crippen molar-refractivity contribution in [3.63, 3.8) is 0 Å². The quantitative estimate of drug-likeness (QED) is 0.801. The first kappa shape index (κ1) is 17.0. The Morgan fingerprint density at radius 2 is 1.95 bits per heavy atom. The Hall–Kier alpha value is -1.41. The summed E-state index contributed by atoms with van der Waals surface area (Å²) in [5.41, 5.74) is 6.31. The van der Waals surface area contributed by atoms with Gasteiger partial charge in [0.05, 0.1) is 12.2 Å². The third kappa shape index (κ3) is 4.81. The van der Waals surface area contributed by atoms with Crippen molar-refractivity contribution in [1.82, 2.24) is 15.1 Å². The van der Waals surface area contributed by atoms with E-state index in [9.17, 15) is 4.79 Å². The molecule has 0 radical (unpaired) electrons. The summed E-state index contributed by atoms with van der Waals surface area (Å²) in [6.07, 6.45) is 0. The second-order valence-corrected chi connectivity index (χ2v) is 7.10. The molecule has 22 heavy (non-hydrogen) atoms. The second-order valence-electron chi connectivity index (χ2n) is 6.29. The van der Waals surface area contributed by atoms with Crippen molar-refractivity contribution in [1.29, 1.82) is 0 Å². The number of piperazine rings is 1. The summed E-state index contributed by atoms with van der Waals surface area (Å²) in [6, 6.07) is 1.87. The van der Waals surface area contributed by atoms with Gasteiger partial charge in [0.2, 0.25) is 0 Å². The summed E-state index contributed by atoms with van der Waals surface area (Å²) >= 11 is 3.31. The van der Waals surface area contributed by atoms with Gasteiger partial charge in [0.25, 0.3) is 0 Å². The van der Waals surface area contributed by atoms with Gasteiger partial charge in [0.1, 0.15) is 10.2 Å². The maximum absolute atomic E-state index is 11.9. The fourth-order valence-electron chi connectivity index (χ4n) is 2.33. The highest BCUT2D eigenvalue weighted by Crippen LogP contribution is 2.24. The van der Waals surface area contributed by atoms with Crippen LogP contribution in [0.15, 0.2) is 10.7 Å². The second kappa shape index (κ2) is 6.78. The molecule has 0 saturated carbocycles. The number of ether oxygens (including phenoxy) is 1. The molecule has 2 heterocycles. The molecule has 1 aromatic heterocycles. The highest BCUT2D eigenvalue weighted by Gasteiger charge is 2.23. The third-order valence-electron chi connectivity index (χ3n) is 3.26. The standard InChI is InChI=1S/C14H22BrN5O2/c1-14(2,3)22-12(21)9-19-4-6-20(7-5-19)10-8-11(15)17-18-13(10)16/h8H,4-7,9H2,1-3H3,(H2,16,18). The zero-order valence-electron chi connectivity index (χ0n) is 13.2. The minimum atomic E-state index is -0.442. The molecule has 0 unspecified atom stereocenters. The van der Waals surface area contributed by atoms with Crippen LogP contribution in [-0.4, -0.2) is 59.4 Å². The number of nitrogen functional groups attached to an aromatic ring is 1. The van der Waals surface area contributed by atoms with E-state index >= 15 is 0 Å². The van der Waals surface area contributed by atoms with E-state index in [2.05, 4.69) is 35.9 Å². The molecular formula is C14H22BrN5O2. The molecule has 0 aromatic carbocycles. The molecule has 0 atom stereocenters. The average Bonchev–Trinajstić information content (AvgIpc) is 2.40. The zero-order chi connectivity index (χ0) is 16.3. The van der Waals surface area contributed by atoms with Gasteiger partial charge in [-0.15, -0.1) is 10.2 Å². The van der Waals surface area contributed by atoms with Crippen LogP contribution in [0.2, 0.25) is 0 Å². The molecule has 1 fully saturated rings. The normalized spacial score (nSPS) is 16.6. The number of aromatic nitrogens is 2. The van der Waals surface area contributed by atoms with Gasteiger partial charge in [-0.1, -0.05) is 0 Å². The molecule has 7 nitrogen and oxygen atoms in total. The zero-order valence-corrected chi connectivity index (χ0v) is 14.8. The SMILES string of the molecule is CC(C)(C)OC(=O)CN1CCN(c2cc(Br)nnc2N)CC1.